The van der Waals surface area contributed by atoms with Crippen LogP contribution in [0.25, 0.3) is 0 Å². The molecule has 1 saturated heterocycles. The predicted molar refractivity (Wildman–Crippen MR) is 109 cm³/mol. The molecule has 2 aromatic rings. The van der Waals surface area contributed by atoms with Gasteiger partial charge in [0, 0.05) is 16.0 Å². The minimum Gasteiger partial charge on any atom is -0.480 e. The van der Waals surface area contributed by atoms with E-state index in [9.17, 15) is 19.2 Å². The Morgan fingerprint density at radius 3 is 2.50 bits per heavy atom. The number of carbonyl (C=O) groups excluding carboxylic acids is 2. The highest BCUT2D eigenvalue weighted by molar-refractivity contribution is 8.00. The number of aromatic nitrogens is 1. The zero-order valence-electron chi connectivity index (χ0n) is 15.7. The van der Waals surface area contributed by atoms with Gasteiger partial charge in [-0.15, -0.1) is 11.8 Å². The van der Waals surface area contributed by atoms with Crippen molar-refractivity contribution < 1.29 is 19.5 Å². The number of amides is 2. The fraction of sp³-hybridized carbons (Fsp3) is 0.429. The third kappa shape index (κ3) is 2.33. The van der Waals surface area contributed by atoms with Crippen molar-refractivity contribution in [1.82, 2.24) is 9.88 Å². The number of hydrogen-bond donors (Lipinski definition) is 2. The molecule has 9 heteroatoms. The second kappa shape index (κ2) is 6.31. The molecule has 1 aromatic heterocycles. The van der Waals surface area contributed by atoms with Gasteiger partial charge in [-0.05, 0) is 29.7 Å². The van der Waals surface area contributed by atoms with Crippen LogP contribution in [0.1, 0.15) is 22.8 Å². The van der Waals surface area contributed by atoms with Crippen molar-refractivity contribution in [3.8, 4) is 0 Å². The average Bonchev–Trinajstić information content (AvgIpc) is 3.44. The van der Waals surface area contributed by atoms with Crippen LogP contribution >= 0.6 is 23.1 Å². The Balaban J connectivity index is 1.45. The number of imide groups is 1. The minimum absolute atomic E-state index is 0.00350. The molecule has 30 heavy (non-hydrogen) atoms. The number of nitrogens with one attached hydrogen (secondary N) is 1. The normalized spacial score (nSPS) is 36.0. The van der Waals surface area contributed by atoms with Crippen molar-refractivity contribution in [2.24, 2.45) is 29.6 Å². The number of likely N-dealkylation sites (tertiary alicyclic amines) is 1. The SMILES string of the molecule is O=C(O)CN1C(=O)[C@@H]2[C@@H]3C[C@@H]([C@H]4Sc5[nH]c(=O)sc5[C@H](c5ccccc5)[C@H]34)[C@@H]2C1=O. The summed E-state index contributed by atoms with van der Waals surface area (Å²) in [6.45, 7) is -0.560. The average molecular weight is 443 g/mol. The fourth-order valence-electron chi connectivity index (χ4n) is 6.40. The van der Waals surface area contributed by atoms with Crippen LogP contribution in [-0.4, -0.2) is 44.6 Å². The molecule has 2 aliphatic carbocycles. The lowest BCUT2D eigenvalue weighted by molar-refractivity contribution is -0.149. The van der Waals surface area contributed by atoms with Crippen LogP contribution < -0.4 is 4.87 Å². The lowest BCUT2D eigenvalue weighted by Gasteiger charge is -2.43. The quantitative estimate of drug-likeness (QED) is 0.704. The summed E-state index contributed by atoms with van der Waals surface area (Å²) in [6.07, 6.45) is 0.804. The molecule has 1 aromatic carbocycles. The standard InChI is InChI=1S/C21H18N2O5S2/c24-11(25)7-23-19(26)14-9-6-10(15(14)20(23)27)16-13(9)12(8-4-2-1-3-5-8)17-18(29-16)22-21(28)30-17/h1-5,9-10,12-16H,6-7H2,(H,22,28)(H,24,25)/t9-,10-,12-,13+,14-,15+,16-/m1/s1. The van der Waals surface area contributed by atoms with Gasteiger partial charge in [0.25, 0.3) is 0 Å². The predicted octanol–water partition coefficient (Wildman–Crippen LogP) is 1.99. The number of rotatable bonds is 3. The number of benzene rings is 1. The van der Waals surface area contributed by atoms with Gasteiger partial charge in [-0.1, -0.05) is 41.7 Å². The van der Waals surface area contributed by atoms with Gasteiger partial charge >= 0.3 is 10.8 Å². The third-order valence-corrected chi connectivity index (χ3v) is 9.86. The Morgan fingerprint density at radius 2 is 1.80 bits per heavy atom. The van der Waals surface area contributed by atoms with Crippen LogP contribution in [0.4, 0.5) is 0 Å². The first-order chi connectivity index (χ1) is 14.5. The van der Waals surface area contributed by atoms with Gasteiger partial charge in [0.2, 0.25) is 11.8 Å². The van der Waals surface area contributed by atoms with Crippen LogP contribution in [0.15, 0.2) is 40.2 Å². The van der Waals surface area contributed by atoms with Crippen LogP contribution in [0.5, 0.6) is 0 Å². The zero-order chi connectivity index (χ0) is 20.7. The van der Waals surface area contributed by atoms with Gasteiger partial charge in [0.15, 0.2) is 0 Å². The Labute approximate surface area is 179 Å². The molecule has 3 fully saturated rings. The van der Waals surface area contributed by atoms with E-state index in [2.05, 4.69) is 17.1 Å². The summed E-state index contributed by atoms with van der Waals surface area (Å²) in [7, 11) is 0. The number of carboxylic acid groups (broad SMARTS) is 1. The van der Waals surface area contributed by atoms with Crippen molar-refractivity contribution in [2.45, 2.75) is 22.6 Å². The van der Waals surface area contributed by atoms with Crippen LogP contribution in [0.2, 0.25) is 0 Å². The lowest BCUT2D eigenvalue weighted by atomic mass is 9.68. The summed E-state index contributed by atoms with van der Waals surface area (Å²) >= 11 is 2.87. The summed E-state index contributed by atoms with van der Waals surface area (Å²) in [6, 6.07) is 10.0. The second-order valence-corrected chi connectivity index (χ2v) is 10.7. The maximum Gasteiger partial charge on any atom is 0.323 e. The number of aromatic amines is 1. The van der Waals surface area contributed by atoms with Crippen molar-refractivity contribution >= 4 is 40.9 Å². The van der Waals surface area contributed by atoms with Crippen LogP contribution in [0.3, 0.4) is 0 Å². The maximum absolute atomic E-state index is 13.1. The van der Waals surface area contributed by atoms with E-state index in [4.69, 9.17) is 5.11 Å². The molecule has 2 aliphatic heterocycles. The van der Waals surface area contributed by atoms with Gasteiger partial charge in [0.1, 0.15) is 6.54 Å². The number of aliphatic carboxylic acids is 1. The highest BCUT2D eigenvalue weighted by atomic mass is 32.2. The molecule has 0 unspecified atom stereocenters. The van der Waals surface area contributed by atoms with Crippen molar-refractivity contribution in [2.75, 3.05) is 6.54 Å². The molecule has 2 amide bonds. The molecular formula is C21H18N2O5S2. The van der Waals surface area contributed by atoms with E-state index in [0.29, 0.717) is 0 Å². The summed E-state index contributed by atoms with van der Waals surface area (Å²) < 4.78 is 0. The first kappa shape index (κ1) is 18.4. The largest absolute Gasteiger partial charge is 0.480 e. The molecule has 2 saturated carbocycles. The van der Waals surface area contributed by atoms with Gasteiger partial charge < -0.3 is 10.1 Å². The molecule has 4 aliphatic rings. The van der Waals surface area contributed by atoms with Gasteiger partial charge in [-0.2, -0.15) is 0 Å². The van der Waals surface area contributed by atoms with Crippen LogP contribution in [0, 0.1) is 29.6 Å². The summed E-state index contributed by atoms with van der Waals surface area (Å²) in [5.41, 5.74) is 1.12. The molecule has 0 radical (unpaired) electrons. The number of carboxylic acids is 1. The first-order valence-corrected chi connectivity index (χ1v) is 11.7. The molecule has 2 N–H and O–H groups in total. The monoisotopic (exact) mass is 442 g/mol. The number of H-pyrrole nitrogens is 1. The Bertz CT molecular complexity index is 1140. The Hall–Kier alpha value is -2.39. The molecule has 2 bridgehead atoms. The molecule has 3 heterocycles. The number of fused-ring (bicyclic) bond motifs is 9. The van der Waals surface area contributed by atoms with E-state index < -0.39 is 24.3 Å². The van der Waals surface area contributed by atoms with Crippen LogP contribution in [-0.2, 0) is 14.4 Å². The Morgan fingerprint density at radius 1 is 1.10 bits per heavy atom. The molecular weight excluding hydrogens is 424 g/mol. The number of thiazole rings is 1. The number of thioether (sulfide) groups is 1. The molecule has 7 nitrogen and oxygen atoms in total. The topological polar surface area (TPSA) is 108 Å². The van der Waals surface area contributed by atoms with Gasteiger partial charge in [-0.25, -0.2) is 0 Å². The molecule has 7 atom stereocenters. The van der Waals surface area contributed by atoms with E-state index in [0.717, 1.165) is 26.8 Å². The van der Waals surface area contributed by atoms with E-state index in [1.165, 1.54) is 11.3 Å². The second-order valence-electron chi connectivity index (χ2n) is 8.53. The van der Waals surface area contributed by atoms with E-state index >= 15 is 0 Å². The highest BCUT2D eigenvalue weighted by Crippen LogP contribution is 2.68. The highest BCUT2D eigenvalue weighted by Gasteiger charge is 2.69. The van der Waals surface area contributed by atoms with E-state index in [1.807, 2.05) is 18.2 Å². The summed E-state index contributed by atoms with van der Waals surface area (Å²) in [5.74, 6) is -2.52. The van der Waals surface area contributed by atoms with Crippen molar-refractivity contribution in [3.63, 3.8) is 0 Å². The van der Waals surface area contributed by atoms with Gasteiger partial charge in [0.05, 0.1) is 16.9 Å². The molecule has 6 rings (SSSR count). The molecule has 154 valence electrons. The molecule has 0 spiro atoms. The smallest absolute Gasteiger partial charge is 0.323 e. The van der Waals surface area contributed by atoms with E-state index in [1.54, 1.807) is 11.8 Å². The Kier molecular flexibility index (Phi) is 3.86. The first-order valence-electron chi connectivity index (χ1n) is 9.97. The zero-order valence-corrected chi connectivity index (χ0v) is 17.3. The third-order valence-electron chi connectivity index (χ3n) is 7.27. The number of hydrogen-bond acceptors (Lipinski definition) is 6. The van der Waals surface area contributed by atoms with Crippen molar-refractivity contribution in [3.05, 3.63) is 50.4 Å². The fourth-order valence-corrected chi connectivity index (χ4v) is 9.29. The van der Waals surface area contributed by atoms with Crippen molar-refractivity contribution in [1.29, 1.82) is 0 Å². The lowest BCUT2D eigenvalue weighted by Crippen LogP contribution is -2.42. The van der Waals surface area contributed by atoms with Gasteiger partial charge in [-0.3, -0.25) is 24.1 Å². The number of nitrogens with zero attached hydrogens (tertiary/aromatic N) is 1. The maximum atomic E-state index is 13.1. The summed E-state index contributed by atoms with van der Waals surface area (Å²) in [5, 5.41) is 10.2. The summed E-state index contributed by atoms with van der Waals surface area (Å²) in [4.78, 5) is 54.3. The minimum atomic E-state index is -1.17. The van der Waals surface area contributed by atoms with E-state index in [-0.39, 0.29) is 45.6 Å². The number of carbonyl (C=O) groups is 3.